The molecule has 2 saturated heterocycles. The highest BCUT2D eigenvalue weighted by atomic mass is 16.5. The van der Waals surface area contributed by atoms with Crippen molar-refractivity contribution >= 4 is 6.09 Å². The Morgan fingerprint density at radius 2 is 1.57 bits per heavy atom. The summed E-state index contributed by atoms with van der Waals surface area (Å²) in [6.45, 7) is 1.06. The van der Waals surface area contributed by atoms with Gasteiger partial charge in [0.1, 0.15) is 6.61 Å². The standard InChI is InChI=1S/C24H27NO3/c26-24(25-12-11-16-13-17-9-10-18(14-16)28-17)27-15-23-21-7-3-1-5-19(21)20-6-2-4-8-22(20)23/h1-8,16-18,23H,9-15H2,(H,25,26). The van der Waals surface area contributed by atoms with Gasteiger partial charge in [-0.3, -0.25) is 0 Å². The van der Waals surface area contributed by atoms with Crippen molar-refractivity contribution in [1.82, 2.24) is 5.32 Å². The number of fused-ring (bicyclic) bond motifs is 5. The lowest BCUT2D eigenvalue weighted by molar-refractivity contribution is -0.0206. The highest BCUT2D eigenvalue weighted by Gasteiger charge is 2.34. The van der Waals surface area contributed by atoms with Gasteiger partial charge in [0.25, 0.3) is 0 Å². The molecule has 1 aliphatic carbocycles. The Kier molecular flexibility index (Phi) is 4.81. The van der Waals surface area contributed by atoms with Gasteiger partial charge in [0.05, 0.1) is 12.2 Å². The first-order valence-corrected chi connectivity index (χ1v) is 10.5. The van der Waals surface area contributed by atoms with Crippen LogP contribution in [0, 0.1) is 5.92 Å². The van der Waals surface area contributed by atoms with Crippen molar-refractivity contribution in [3.8, 4) is 11.1 Å². The molecule has 2 aliphatic heterocycles. The lowest BCUT2D eigenvalue weighted by atomic mass is 9.92. The van der Waals surface area contributed by atoms with Crippen molar-refractivity contribution in [2.75, 3.05) is 13.2 Å². The zero-order chi connectivity index (χ0) is 18.9. The first-order valence-electron chi connectivity index (χ1n) is 10.5. The highest BCUT2D eigenvalue weighted by Crippen LogP contribution is 2.44. The highest BCUT2D eigenvalue weighted by molar-refractivity contribution is 5.79. The Morgan fingerprint density at radius 1 is 0.964 bits per heavy atom. The summed E-state index contributed by atoms with van der Waals surface area (Å²) in [4.78, 5) is 12.2. The van der Waals surface area contributed by atoms with Gasteiger partial charge in [-0.25, -0.2) is 4.79 Å². The Balaban J connectivity index is 1.14. The average Bonchev–Trinajstić information content (AvgIpc) is 3.23. The Hall–Kier alpha value is -2.33. The van der Waals surface area contributed by atoms with Crippen LogP contribution in [-0.4, -0.2) is 31.5 Å². The predicted molar refractivity (Wildman–Crippen MR) is 108 cm³/mol. The number of benzene rings is 2. The number of carbonyl (C=O) groups excluding carboxylic acids is 1. The van der Waals surface area contributed by atoms with Crippen molar-refractivity contribution in [3.05, 3.63) is 59.7 Å². The van der Waals surface area contributed by atoms with Gasteiger partial charge in [-0.15, -0.1) is 0 Å². The molecule has 5 rings (SSSR count). The van der Waals surface area contributed by atoms with E-state index in [1.807, 2.05) is 0 Å². The maximum Gasteiger partial charge on any atom is 0.407 e. The fourth-order valence-corrected chi connectivity index (χ4v) is 5.23. The summed E-state index contributed by atoms with van der Waals surface area (Å²) < 4.78 is 11.5. The fraction of sp³-hybridized carbons (Fsp3) is 0.458. The van der Waals surface area contributed by atoms with E-state index < -0.39 is 0 Å². The number of nitrogens with one attached hydrogen (secondary N) is 1. The van der Waals surface area contributed by atoms with E-state index in [-0.39, 0.29) is 12.0 Å². The van der Waals surface area contributed by atoms with Gasteiger partial charge in [-0.2, -0.15) is 0 Å². The lowest BCUT2D eigenvalue weighted by Gasteiger charge is -2.28. The monoisotopic (exact) mass is 377 g/mol. The molecule has 3 aliphatic rings. The minimum absolute atomic E-state index is 0.115. The number of rotatable bonds is 5. The van der Waals surface area contributed by atoms with E-state index in [4.69, 9.17) is 9.47 Å². The minimum Gasteiger partial charge on any atom is -0.449 e. The Labute approximate surface area is 166 Å². The van der Waals surface area contributed by atoms with Crippen molar-refractivity contribution in [1.29, 1.82) is 0 Å². The predicted octanol–water partition coefficient (Wildman–Crippen LogP) is 4.87. The molecule has 2 aromatic rings. The topological polar surface area (TPSA) is 47.6 Å². The maximum atomic E-state index is 12.2. The Morgan fingerprint density at radius 3 is 2.21 bits per heavy atom. The lowest BCUT2D eigenvalue weighted by Crippen LogP contribution is -2.31. The van der Waals surface area contributed by atoms with E-state index in [1.54, 1.807) is 0 Å². The molecule has 4 heteroatoms. The molecule has 0 saturated carbocycles. The molecule has 2 unspecified atom stereocenters. The van der Waals surface area contributed by atoms with E-state index in [2.05, 4.69) is 53.8 Å². The van der Waals surface area contributed by atoms with Crippen LogP contribution in [0.15, 0.2) is 48.5 Å². The number of ether oxygens (including phenoxy) is 2. The minimum atomic E-state index is -0.308. The van der Waals surface area contributed by atoms with Gasteiger partial charge in [-0.1, -0.05) is 48.5 Å². The van der Waals surface area contributed by atoms with Crippen LogP contribution in [0.4, 0.5) is 4.79 Å². The molecular weight excluding hydrogens is 350 g/mol. The third kappa shape index (κ3) is 3.42. The average molecular weight is 377 g/mol. The summed E-state index contributed by atoms with van der Waals surface area (Å²) >= 11 is 0. The molecule has 2 fully saturated rings. The molecule has 2 aromatic carbocycles. The molecule has 4 nitrogen and oxygen atoms in total. The van der Waals surface area contributed by atoms with Crippen LogP contribution >= 0.6 is 0 Å². The van der Waals surface area contributed by atoms with Crippen LogP contribution < -0.4 is 5.32 Å². The number of alkyl carbamates (subject to hydrolysis) is 1. The van der Waals surface area contributed by atoms with Gasteiger partial charge >= 0.3 is 6.09 Å². The quantitative estimate of drug-likeness (QED) is 0.808. The molecular formula is C24H27NO3. The van der Waals surface area contributed by atoms with Gasteiger partial charge in [-0.05, 0) is 60.3 Å². The number of amides is 1. The van der Waals surface area contributed by atoms with Crippen LogP contribution in [0.2, 0.25) is 0 Å². The van der Waals surface area contributed by atoms with E-state index in [0.29, 0.717) is 31.3 Å². The second-order valence-corrected chi connectivity index (χ2v) is 8.34. The zero-order valence-electron chi connectivity index (χ0n) is 16.1. The first-order chi connectivity index (χ1) is 13.8. The first kappa shape index (κ1) is 17.7. The zero-order valence-corrected chi connectivity index (χ0v) is 16.1. The molecule has 1 N–H and O–H groups in total. The van der Waals surface area contributed by atoms with Crippen molar-refractivity contribution < 1.29 is 14.3 Å². The molecule has 146 valence electrons. The van der Waals surface area contributed by atoms with Gasteiger partial charge in [0.2, 0.25) is 0 Å². The molecule has 2 atom stereocenters. The van der Waals surface area contributed by atoms with Crippen LogP contribution in [0.25, 0.3) is 11.1 Å². The van der Waals surface area contributed by atoms with Gasteiger partial charge < -0.3 is 14.8 Å². The normalized spacial score (nSPS) is 25.2. The molecule has 28 heavy (non-hydrogen) atoms. The third-order valence-corrected chi connectivity index (χ3v) is 6.55. The summed E-state index contributed by atoms with van der Waals surface area (Å²) in [6, 6.07) is 16.8. The second-order valence-electron chi connectivity index (χ2n) is 8.34. The maximum absolute atomic E-state index is 12.2. The molecule has 0 spiro atoms. The summed E-state index contributed by atoms with van der Waals surface area (Å²) in [5.41, 5.74) is 4.99. The van der Waals surface area contributed by atoms with Crippen molar-refractivity contribution in [3.63, 3.8) is 0 Å². The molecule has 2 heterocycles. The fourth-order valence-electron chi connectivity index (χ4n) is 5.23. The summed E-state index contributed by atoms with van der Waals surface area (Å²) in [6.07, 6.45) is 6.32. The summed E-state index contributed by atoms with van der Waals surface area (Å²) in [5, 5.41) is 2.95. The Bertz CT molecular complexity index is 807. The largest absolute Gasteiger partial charge is 0.449 e. The smallest absolute Gasteiger partial charge is 0.407 e. The van der Waals surface area contributed by atoms with Crippen LogP contribution in [0.1, 0.15) is 49.1 Å². The van der Waals surface area contributed by atoms with Gasteiger partial charge in [0.15, 0.2) is 0 Å². The summed E-state index contributed by atoms with van der Waals surface area (Å²) in [7, 11) is 0. The van der Waals surface area contributed by atoms with E-state index in [0.717, 1.165) is 19.3 Å². The third-order valence-electron chi connectivity index (χ3n) is 6.55. The van der Waals surface area contributed by atoms with E-state index >= 15 is 0 Å². The molecule has 0 aromatic heterocycles. The van der Waals surface area contributed by atoms with E-state index in [1.165, 1.54) is 35.1 Å². The van der Waals surface area contributed by atoms with Gasteiger partial charge in [0, 0.05) is 12.5 Å². The van der Waals surface area contributed by atoms with Crippen LogP contribution in [0.5, 0.6) is 0 Å². The van der Waals surface area contributed by atoms with Crippen molar-refractivity contribution in [2.24, 2.45) is 5.92 Å². The molecule has 0 radical (unpaired) electrons. The number of carbonyl (C=O) groups is 1. The van der Waals surface area contributed by atoms with Crippen molar-refractivity contribution in [2.45, 2.75) is 50.2 Å². The molecule has 1 amide bonds. The van der Waals surface area contributed by atoms with E-state index in [9.17, 15) is 4.79 Å². The summed E-state index contributed by atoms with van der Waals surface area (Å²) in [5.74, 6) is 0.782. The number of hydrogen-bond donors (Lipinski definition) is 1. The van der Waals surface area contributed by atoms with Crippen LogP contribution in [-0.2, 0) is 9.47 Å². The number of hydrogen-bond acceptors (Lipinski definition) is 3. The SMILES string of the molecule is O=C(NCCC1CC2CCC(C1)O2)OCC1c2ccccc2-c2ccccc21. The second kappa shape index (κ2) is 7.59. The molecule has 2 bridgehead atoms. The van der Waals surface area contributed by atoms with Crippen LogP contribution in [0.3, 0.4) is 0 Å².